The van der Waals surface area contributed by atoms with Gasteiger partial charge in [-0.3, -0.25) is 0 Å². The van der Waals surface area contributed by atoms with Crippen LogP contribution in [0.5, 0.6) is 0 Å². The van der Waals surface area contributed by atoms with Crippen molar-refractivity contribution in [1.29, 1.82) is 0 Å². The van der Waals surface area contributed by atoms with Gasteiger partial charge in [0.25, 0.3) is 5.71 Å². The van der Waals surface area contributed by atoms with Crippen LogP contribution in [-0.2, 0) is 0 Å². The van der Waals surface area contributed by atoms with Gasteiger partial charge in [0.2, 0.25) is 0 Å². The molecule has 0 N–H and O–H groups in total. The van der Waals surface area contributed by atoms with E-state index in [1.807, 2.05) is 0 Å². The molecule has 0 atom stereocenters. The van der Waals surface area contributed by atoms with Crippen molar-refractivity contribution in [2.75, 3.05) is 0 Å². The van der Waals surface area contributed by atoms with Crippen LogP contribution < -0.4 is 0 Å². The highest BCUT2D eigenvalue weighted by atomic mass is 16.5. The largest absolute Gasteiger partial charge is 0.336 e. The van der Waals surface area contributed by atoms with Crippen LogP contribution in [0.4, 0.5) is 0 Å². The van der Waals surface area contributed by atoms with Crippen molar-refractivity contribution in [1.82, 2.24) is 9.79 Å². The molecule has 0 radical (unpaired) electrons. The Morgan fingerprint density at radius 1 is 1.83 bits per heavy atom. The number of nitrogens with zero attached hydrogens (tertiary/aromatic N) is 2. The standard InChI is InChI=1S/C3H2N2O/c1-2-5-4-3(1)6-5/h1-2H. The molecule has 3 heterocycles. The summed E-state index contributed by atoms with van der Waals surface area (Å²) in [6.45, 7) is 0. The van der Waals surface area contributed by atoms with E-state index in [1.54, 1.807) is 12.3 Å². The molecule has 2 bridgehead atoms. The van der Waals surface area contributed by atoms with Crippen LogP contribution >= 0.6 is 0 Å². The second-order valence-electron chi connectivity index (χ2n) is 1.15. The fourth-order valence-electron chi connectivity index (χ4n) is 0.454. The van der Waals surface area contributed by atoms with Crippen LogP contribution in [-0.4, -0.2) is 9.79 Å². The zero-order valence-electron chi connectivity index (χ0n) is 2.96. The van der Waals surface area contributed by atoms with Crippen LogP contribution in [0.25, 0.3) is 5.71 Å². The third kappa shape index (κ3) is 0.0843. The van der Waals surface area contributed by atoms with Gasteiger partial charge >= 0.3 is 0 Å². The summed E-state index contributed by atoms with van der Waals surface area (Å²) in [4.78, 5) is 0. The fourth-order valence-corrected chi connectivity index (χ4v) is 0.454. The molecular formula is C3H2N2O. The van der Waals surface area contributed by atoms with Crippen LogP contribution in [0.15, 0.2) is 16.8 Å². The number of fused-ring (bicyclic) bond motifs is 1. The molecule has 0 saturated heterocycles. The normalized spacial score (nSPS) is 11.3. The van der Waals surface area contributed by atoms with Crippen molar-refractivity contribution in [3.63, 3.8) is 0 Å². The van der Waals surface area contributed by atoms with Gasteiger partial charge in [-0.25, -0.2) is 0 Å². The molecule has 3 aromatic heterocycles. The van der Waals surface area contributed by atoms with E-state index in [4.69, 9.17) is 4.52 Å². The number of aromatic nitrogens is 2. The monoisotopic (exact) mass is 82.0 g/mol. The third-order valence-electron chi connectivity index (χ3n) is 0.729. The first-order chi connectivity index (χ1) is 2.95. The fraction of sp³-hybridized carbons (Fsp3) is 0. The lowest BCUT2D eigenvalue weighted by molar-refractivity contribution is 0.291. The minimum atomic E-state index is 0.718. The highest BCUT2D eigenvalue weighted by Crippen LogP contribution is 2.00. The minimum Gasteiger partial charge on any atom is -0.336 e. The van der Waals surface area contributed by atoms with Crippen molar-refractivity contribution in [3.8, 4) is 0 Å². The molecule has 6 heavy (non-hydrogen) atoms. The SMILES string of the molecule is c1cn2nc1o2. The van der Waals surface area contributed by atoms with E-state index < -0.39 is 0 Å². The Labute approximate surface area is 33.5 Å². The van der Waals surface area contributed by atoms with Gasteiger partial charge in [0.1, 0.15) is 0 Å². The molecule has 0 spiro atoms. The summed E-state index contributed by atoms with van der Waals surface area (Å²) in [5, 5.41) is 3.75. The predicted octanol–water partition coefficient (Wildman–Crippen LogP) is 0.365. The van der Waals surface area contributed by atoms with Crippen molar-refractivity contribution < 1.29 is 4.52 Å². The zero-order valence-corrected chi connectivity index (χ0v) is 2.96. The second kappa shape index (κ2) is 0.448. The van der Waals surface area contributed by atoms with E-state index in [0.29, 0.717) is 0 Å². The molecule has 3 rings (SSSR count). The van der Waals surface area contributed by atoms with Gasteiger partial charge in [0, 0.05) is 6.07 Å². The summed E-state index contributed by atoms with van der Waals surface area (Å²) in [6, 6.07) is 1.81. The average molecular weight is 82.1 g/mol. The zero-order chi connectivity index (χ0) is 3.98. The lowest BCUT2D eigenvalue weighted by atomic mass is 10.7. The summed E-state index contributed by atoms with van der Waals surface area (Å²) in [6.07, 6.45) is 1.76. The first-order valence-electron chi connectivity index (χ1n) is 1.69. The topological polar surface area (TPSA) is 30.4 Å². The maximum atomic E-state index is 4.72. The molecular weight excluding hydrogens is 80.0 g/mol. The van der Waals surface area contributed by atoms with Crippen LogP contribution in [0.2, 0.25) is 0 Å². The lowest BCUT2D eigenvalue weighted by Gasteiger charge is -1.84. The molecule has 0 aliphatic heterocycles. The van der Waals surface area contributed by atoms with Gasteiger partial charge in [-0.05, 0) is 0 Å². The van der Waals surface area contributed by atoms with E-state index in [0.717, 1.165) is 5.71 Å². The van der Waals surface area contributed by atoms with E-state index in [2.05, 4.69) is 5.10 Å². The maximum Gasteiger partial charge on any atom is 0.270 e. The minimum absolute atomic E-state index is 0.718. The van der Waals surface area contributed by atoms with Gasteiger partial charge in [0.15, 0.2) is 0 Å². The van der Waals surface area contributed by atoms with E-state index >= 15 is 0 Å². The Hall–Kier alpha value is -0.990. The highest BCUT2D eigenvalue weighted by molar-refractivity contribution is 5.28. The van der Waals surface area contributed by atoms with E-state index in [-0.39, 0.29) is 0 Å². The van der Waals surface area contributed by atoms with Gasteiger partial charge < -0.3 is 4.52 Å². The summed E-state index contributed by atoms with van der Waals surface area (Å²) in [5.74, 6) is 0. The molecule has 0 aliphatic carbocycles. The van der Waals surface area contributed by atoms with Crippen molar-refractivity contribution in [3.05, 3.63) is 12.3 Å². The Kier molecular flexibility index (Phi) is 0.166. The average Bonchev–Trinajstić information content (AvgIpc) is 1.72. The van der Waals surface area contributed by atoms with Crippen LogP contribution in [0.3, 0.4) is 0 Å². The van der Waals surface area contributed by atoms with Crippen molar-refractivity contribution in [2.24, 2.45) is 0 Å². The van der Waals surface area contributed by atoms with E-state index in [1.165, 1.54) is 4.69 Å². The van der Waals surface area contributed by atoms with Gasteiger partial charge in [-0.1, -0.05) is 9.79 Å². The summed E-state index contributed by atoms with van der Waals surface area (Å²) >= 11 is 0. The Morgan fingerprint density at radius 3 is 2.83 bits per heavy atom. The van der Waals surface area contributed by atoms with E-state index in [9.17, 15) is 0 Å². The molecule has 0 aromatic carbocycles. The number of hydrogen-bond donors (Lipinski definition) is 0. The summed E-state index contributed by atoms with van der Waals surface area (Å²) in [5.41, 5.74) is 0.718. The molecule has 0 fully saturated rings. The van der Waals surface area contributed by atoms with Crippen molar-refractivity contribution >= 4 is 5.71 Å². The van der Waals surface area contributed by atoms with Crippen LogP contribution in [0, 0.1) is 0 Å². The van der Waals surface area contributed by atoms with Gasteiger partial charge in [0.05, 0.1) is 6.20 Å². The Morgan fingerprint density at radius 2 is 2.67 bits per heavy atom. The van der Waals surface area contributed by atoms with Gasteiger partial charge in [-0.15, -0.1) is 0 Å². The second-order valence-corrected chi connectivity index (χ2v) is 1.15. The molecule has 3 heteroatoms. The lowest BCUT2D eigenvalue weighted by Crippen LogP contribution is -1.86. The Bertz CT molecular complexity index is 170. The first-order valence-corrected chi connectivity index (χ1v) is 1.69. The molecule has 0 amide bonds. The first kappa shape index (κ1) is 2.23. The quantitative estimate of drug-likeness (QED) is 0.459. The summed E-state index contributed by atoms with van der Waals surface area (Å²) < 4.78 is 6.13. The maximum absolute atomic E-state index is 4.72. The summed E-state index contributed by atoms with van der Waals surface area (Å²) in [7, 11) is 0. The van der Waals surface area contributed by atoms with Crippen molar-refractivity contribution in [2.45, 2.75) is 0 Å². The molecule has 0 unspecified atom stereocenters. The third-order valence-corrected chi connectivity index (χ3v) is 0.729. The molecule has 0 aliphatic rings. The van der Waals surface area contributed by atoms with Gasteiger partial charge in [-0.2, -0.15) is 0 Å². The van der Waals surface area contributed by atoms with Crippen LogP contribution in [0.1, 0.15) is 0 Å². The smallest absolute Gasteiger partial charge is 0.270 e. The number of rotatable bonds is 0. The molecule has 3 nitrogen and oxygen atoms in total. The highest BCUT2D eigenvalue weighted by Gasteiger charge is 1.96. The molecule has 3 aromatic rings. The Balaban J connectivity index is 3.24. The number of hydrogen-bond acceptors (Lipinski definition) is 2. The molecule has 0 saturated carbocycles. The molecule has 30 valence electrons. The predicted molar refractivity (Wildman–Crippen MR) is 18.6 cm³/mol.